The average Bonchev–Trinajstić information content (AvgIpc) is 2.72. The van der Waals surface area contributed by atoms with Crippen molar-refractivity contribution in [3.8, 4) is 0 Å². The Morgan fingerprint density at radius 3 is 2.94 bits per heavy atom. The number of nitrogens with zero attached hydrogens (tertiary/aromatic N) is 1. The molecule has 4 heteroatoms. The van der Waals surface area contributed by atoms with Crippen LogP contribution in [0.3, 0.4) is 0 Å². The largest absolute Gasteiger partial charge is 0.360 e. The molecule has 0 N–H and O–H groups in total. The first-order valence-corrected chi connectivity index (χ1v) is 6.36. The molecule has 0 spiro atoms. The average molecular weight is 245 g/mol. The fraction of sp³-hybridized carbons (Fsp3) is 0.500. The molecular formula is C14H15NO3. The van der Waals surface area contributed by atoms with Crippen molar-refractivity contribution in [2.45, 2.75) is 32.6 Å². The Bertz CT molecular complexity index is 555. The lowest BCUT2D eigenvalue weighted by atomic mass is 9.65. The number of hydrogen-bond acceptors (Lipinski definition) is 4. The maximum Gasteiger partial charge on any atom is 0.179 e. The molecule has 4 nitrogen and oxygen atoms in total. The lowest BCUT2D eigenvalue weighted by molar-refractivity contribution is -0.119. The summed E-state index contributed by atoms with van der Waals surface area (Å²) in [6.45, 7) is 3.82. The molecule has 0 bridgehead atoms. The number of allylic oxidation sites excluding steroid dienone is 2. The van der Waals surface area contributed by atoms with Crippen molar-refractivity contribution in [1.82, 2.24) is 5.16 Å². The normalized spacial score (nSPS) is 30.2. The van der Waals surface area contributed by atoms with Gasteiger partial charge in [0, 0.05) is 5.92 Å². The fourth-order valence-electron chi connectivity index (χ4n) is 3.29. The zero-order valence-corrected chi connectivity index (χ0v) is 10.5. The highest BCUT2D eigenvalue weighted by atomic mass is 16.5. The van der Waals surface area contributed by atoms with Gasteiger partial charge >= 0.3 is 0 Å². The number of carbonyl (C=O) groups is 2. The van der Waals surface area contributed by atoms with E-state index >= 15 is 0 Å². The minimum Gasteiger partial charge on any atom is -0.360 e. The molecule has 94 valence electrons. The smallest absolute Gasteiger partial charge is 0.179 e. The van der Waals surface area contributed by atoms with E-state index in [9.17, 15) is 9.59 Å². The van der Waals surface area contributed by atoms with Gasteiger partial charge in [-0.05, 0) is 31.8 Å². The summed E-state index contributed by atoms with van der Waals surface area (Å²) in [5.41, 5.74) is 1.15. The molecule has 0 radical (unpaired) electrons. The molecule has 1 aromatic heterocycles. The predicted molar refractivity (Wildman–Crippen MR) is 64.3 cm³/mol. The number of carbonyl (C=O) groups excluding carboxylic acids is 2. The van der Waals surface area contributed by atoms with E-state index in [2.05, 4.69) is 12.1 Å². The highest BCUT2D eigenvalue weighted by molar-refractivity contribution is 6.16. The third-order valence-corrected chi connectivity index (χ3v) is 4.14. The first-order valence-electron chi connectivity index (χ1n) is 6.36. The molecule has 0 aromatic carbocycles. The standard InChI is InChI=1S/C14H15NO3/c1-3-8-9-5-4-6-10(16)12(9)13(17)11-7(2)15-18-14(8)11/h4,6,8-9,12H,3,5H2,1-2H3. The number of aromatic nitrogens is 1. The van der Waals surface area contributed by atoms with Gasteiger partial charge in [0.2, 0.25) is 0 Å². The molecule has 3 unspecified atom stereocenters. The van der Waals surface area contributed by atoms with Gasteiger partial charge in [0.15, 0.2) is 17.3 Å². The third-order valence-electron chi connectivity index (χ3n) is 4.14. The van der Waals surface area contributed by atoms with Crippen molar-refractivity contribution in [2.24, 2.45) is 11.8 Å². The molecule has 0 aliphatic heterocycles. The van der Waals surface area contributed by atoms with Gasteiger partial charge in [-0.1, -0.05) is 18.2 Å². The van der Waals surface area contributed by atoms with Gasteiger partial charge in [0.25, 0.3) is 0 Å². The van der Waals surface area contributed by atoms with E-state index in [1.54, 1.807) is 13.0 Å². The van der Waals surface area contributed by atoms with E-state index in [-0.39, 0.29) is 23.4 Å². The molecule has 0 amide bonds. The molecule has 3 atom stereocenters. The third kappa shape index (κ3) is 1.35. The van der Waals surface area contributed by atoms with Crippen molar-refractivity contribution in [3.05, 3.63) is 29.2 Å². The van der Waals surface area contributed by atoms with Crippen LogP contribution in [0.4, 0.5) is 0 Å². The second-order valence-corrected chi connectivity index (χ2v) is 5.07. The summed E-state index contributed by atoms with van der Waals surface area (Å²) >= 11 is 0. The first-order chi connectivity index (χ1) is 8.65. The minimum absolute atomic E-state index is 0.0415. The maximum absolute atomic E-state index is 12.5. The summed E-state index contributed by atoms with van der Waals surface area (Å²) in [4.78, 5) is 24.4. The highest BCUT2D eigenvalue weighted by Crippen LogP contribution is 2.46. The van der Waals surface area contributed by atoms with Crippen LogP contribution in [0.25, 0.3) is 0 Å². The van der Waals surface area contributed by atoms with Crippen LogP contribution >= 0.6 is 0 Å². The van der Waals surface area contributed by atoms with Gasteiger partial charge < -0.3 is 4.52 Å². The number of ketones is 2. The van der Waals surface area contributed by atoms with Gasteiger partial charge in [0.05, 0.1) is 17.2 Å². The number of fused-ring (bicyclic) bond motifs is 2. The lowest BCUT2D eigenvalue weighted by Crippen LogP contribution is -2.40. The summed E-state index contributed by atoms with van der Waals surface area (Å²) in [5.74, 6) is 0.154. The lowest BCUT2D eigenvalue weighted by Gasteiger charge is -2.35. The predicted octanol–water partition coefficient (Wildman–Crippen LogP) is 2.43. The molecule has 2 aliphatic rings. The zero-order valence-electron chi connectivity index (χ0n) is 10.5. The SMILES string of the molecule is CCC1c2onc(C)c2C(=O)C2C(=O)C=CCC21. The van der Waals surface area contributed by atoms with E-state index in [1.807, 2.05) is 6.08 Å². The van der Waals surface area contributed by atoms with Crippen molar-refractivity contribution in [1.29, 1.82) is 0 Å². The van der Waals surface area contributed by atoms with Crippen molar-refractivity contribution < 1.29 is 14.1 Å². The van der Waals surface area contributed by atoms with Gasteiger partial charge in [-0.15, -0.1) is 0 Å². The van der Waals surface area contributed by atoms with Crippen LogP contribution < -0.4 is 0 Å². The van der Waals surface area contributed by atoms with E-state index in [4.69, 9.17) is 4.52 Å². The van der Waals surface area contributed by atoms with Crippen LogP contribution in [0.1, 0.15) is 47.5 Å². The van der Waals surface area contributed by atoms with Crippen molar-refractivity contribution >= 4 is 11.6 Å². The first kappa shape index (κ1) is 11.4. The van der Waals surface area contributed by atoms with Crippen molar-refractivity contribution in [3.63, 3.8) is 0 Å². The van der Waals surface area contributed by atoms with Gasteiger partial charge in [0.1, 0.15) is 0 Å². The number of rotatable bonds is 1. The van der Waals surface area contributed by atoms with Gasteiger partial charge in [-0.25, -0.2) is 0 Å². The van der Waals surface area contributed by atoms with Gasteiger partial charge in [-0.2, -0.15) is 0 Å². The quantitative estimate of drug-likeness (QED) is 0.713. The molecule has 1 aromatic rings. The van der Waals surface area contributed by atoms with Crippen LogP contribution in [0, 0.1) is 18.8 Å². The molecule has 0 saturated carbocycles. The summed E-state index contributed by atoms with van der Waals surface area (Å²) in [7, 11) is 0. The zero-order chi connectivity index (χ0) is 12.9. The van der Waals surface area contributed by atoms with Gasteiger partial charge in [-0.3, -0.25) is 9.59 Å². The number of Topliss-reactive ketones (excluding diaryl/α,β-unsaturated/α-hetero) is 1. The summed E-state index contributed by atoms with van der Waals surface area (Å²) in [5, 5.41) is 3.90. The van der Waals surface area contributed by atoms with E-state index < -0.39 is 5.92 Å². The Kier molecular flexibility index (Phi) is 2.47. The highest BCUT2D eigenvalue weighted by Gasteiger charge is 2.48. The summed E-state index contributed by atoms with van der Waals surface area (Å²) in [6.07, 6.45) is 5.03. The summed E-state index contributed by atoms with van der Waals surface area (Å²) in [6, 6.07) is 0. The molecule has 0 fully saturated rings. The van der Waals surface area contributed by atoms with Crippen LogP contribution in [0.2, 0.25) is 0 Å². The van der Waals surface area contributed by atoms with Crippen LogP contribution in [-0.4, -0.2) is 16.7 Å². The Hall–Kier alpha value is -1.71. The van der Waals surface area contributed by atoms with Crippen molar-refractivity contribution in [2.75, 3.05) is 0 Å². The Morgan fingerprint density at radius 1 is 1.44 bits per heavy atom. The van der Waals surface area contributed by atoms with E-state index in [0.29, 0.717) is 17.0 Å². The molecule has 3 rings (SSSR count). The second-order valence-electron chi connectivity index (χ2n) is 5.07. The monoisotopic (exact) mass is 245 g/mol. The molecule has 2 aliphatic carbocycles. The summed E-state index contributed by atoms with van der Waals surface area (Å²) < 4.78 is 5.34. The number of hydrogen-bond donors (Lipinski definition) is 0. The van der Waals surface area contributed by atoms with E-state index in [1.165, 1.54) is 0 Å². The topological polar surface area (TPSA) is 60.2 Å². The second kappa shape index (κ2) is 3.90. The minimum atomic E-state index is -0.523. The van der Waals surface area contributed by atoms with E-state index in [0.717, 1.165) is 12.8 Å². The molecule has 0 saturated heterocycles. The maximum atomic E-state index is 12.5. The van der Waals surface area contributed by atoms with Crippen LogP contribution in [-0.2, 0) is 4.79 Å². The Balaban J connectivity index is 2.18. The van der Waals surface area contributed by atoms with Crippen LogP contribution in [0.15, 0.2) is 16.7 Å². The Labute approximate surface area is 105 Å². The molecule has 1 heterocycles. The fourth-order valence-corrected chi connectivity index (χ4v) is 3.29. The molecule has 18 heavy (non-hydrogen) atoms. The Morgan fingerprint density at radius 2 is 2.22 bits per heavy atom. The number of aryl methyl sites for hydroxylation is 1. The van der Waals surface area contributed by atoms with Crippen LogP contribution in [0.5, 0.6) is 0 Å². The molecular weight excluding hydrogens is 230 g/mol.